The largest absolute Gasteiger partial charge is 0.356 e. The summed E-state index contributed by atoms with van der Waals surface area (Å²) in [6.07, 6.45) is 9.16. The van der Waals surface area contributed by atoms with Gasteiger partial charge in [-0.1, -0.05) is 50.5 Å². The standard InChI is InChI=1S/C18H27NO/c1-2-15-8-10-16(11-9-15)12-13-18(20)19-14-17-6-4-3-5-7-17/h8-11,17H,2-7,12-14H2,1H3,(H,19,20). The van der Waals surface area contributed by atoms with Crippen LogP contribution in [0.3, 0.4) is 0 Å². The number of hydrogen-bond donors (Lipinski definition) is 1. The van der Waals surface area contributed by atoms with E-state index >= 15 is 0 Å². The van der Waals surface area contributed by atoms with E-state index in [4.69, 9.17) is 0 Å². The Bertz CT molecular complexity index is 404. The molecule has 1 N–H and O–H groups in total. The summed E-state index contributed by atoms with van der Waals surface area (Å²) in [7, 11) is 0. The van der Waals surface area contributed by atoms with Gasteiger partial charge in [0.2, 0.25) is 5.91 Å². The zero-order valence-electron chi connectivity index (χ0n) is 12.7. The highest BCUT2D eigenvalue weighted by Gasteiger charge is 2.14. The van der Waals surface area contributed by atoms with Gasteiger partial charge in [-0.05, 0) is 42.7 Å². The molecule has 110 valence electrons. The third kappa shape index (κ3) is 4.99. The highest BCUT2D eigenvalue weighted by atomic mass is 16.1. The molecule has 1 aliphatic carbocycles. The lowest BCUT2D eigenvalue weighted by Gasteiger charge is -2.21. The van der Waals surface area contributed by atoms with E-state index in [9.17, 15) is 4.79 Å². The van der Waals surface area contributed by atoms with E-state index < -0.39 is 0 Å². The molecule has 2 heteroatoms. The summed E-state index contributed by atoms with van der Waals surface area (Å²) in [5, 5.41) is 3.11. The van der Waals surface area contributed by atoms with Crippen LogP contribution in [-0.4, -0.2) is 12.5 Å². The molecule has 1 amide bonds. The Morgan fingerprint density at radius 3 is 2.40 bits per heavy atom. The van der Waals surface area contributed by atoms with Crippen molar-refractivity contribution in [3.05, 3.63) is 35.4 Å². The molecule has 1 saturated carbocycles. The third-order valence-corrected chi connectivity index (χ3v) is 4.38. The van der Waals surface area contributed by atoms with Crippen molar-refractivity contribution in [1.82, 2.24) is 5.32 Å². The average Bonchev–Trinajstić information content (AvgIpc) is 2.52. The van der Waals surface area contributed by atoms with Crippen molar-refractivity contribution in [3.8, 4) is 0 Å². The Kier molecular flexibility index (Phi) is 6.10. The van der Waals surface area contributed by atoms with Crippen molar-refractivity contribution in [3.63, 3.8) is 0 Å². The van der Waals surface area contributed by atoms with Gasteiger partial charge in [0, 0.05) is 13.0 Å². The van der Waals surface area contributed by atoms with E-state index in [-0.39, 0.29) is 5.91 Å². The molecule has 0 bridgehead atoms. The molecular formula is C18H27NO. The van der Waals surface area contributed by atoms with Crippen molar-refractivity contribution in [2.75, 3.05) is 6.54 Å². The zero-order valence-corrected chi connectivity index (χ0v) is 12.7. The molecule has 0 aliphatic heterocycles. The lowest BCUT2D eigenvalue weighted by molar-refractivity contribution is -0.121. The van der Waals surface area contributed by atoms with Gasteiger partial charge in [0.1, 0.15) is 0 Å². The molecule has 0 heterocycles. The maximum absolute atomic E-state index is 11.9. The Balaban J connectivity index is 1.66. The van der Waals surface area contributed by atoms with Gasteiger partial charge in [0.15, 0.2) is 0 Å². The second-order valence-electron chi connectivity index (χ2n) is 5.98. The lowest BCUT2D eigenvalue weighted by atomic mass is 9.89. The van der Waals surface area contributed by atoms with E-state index in [0.717, 1.165) is 25.3 Å². The molecule has 0 aromatic heterocycles. The van der Waals surface area contributed by atoms with Gasteiger partial charge in [-0.3, -0.25) is 4.79 Å². The normalized spacial score (nSPS) is 16.1. The van der Waals surface area contributed by atoms with Crippen molar-refractivity contribution < 1.29 is 4.79 Å². The number of hydrogen-bond acceptors (Lipinski definition) is 1. The van der Waals surface area contributed by atoms with Crippen LogP contribution in [0.1, 0.15) is 56.6 Å². The van der Waals surface area contributed by atoms with Crippen LogP contribution in [-0.2, 0) is 17.6 Å². The second-order valence-corrected chi connectivity index (χ2v) is 5.98. The Morgan fingerprint density at radius 2 is 1.75 bits per heavy atom. The molecule has 0 spiro atoms. The van der Waals surface area contributed by atoms with Crippen LogP contribution in [0, 0.1) is 5.92 Å². The molecule has 0 atom stereocenters. The summed E-state index contributed by atoms with van der Waals surface area (Å²) in [5.74, 6) is 0.923. The third-order valence-electron chi connectivity index (χ3n) is 4.38. The monoisotopic (exact) mass is 273 g/mol. The van der Waals surface area contributed by atoms with Crippen LogP contribution in [0.2, 0.25) is 0 Å². The number of benzene rings is 1. The van der Waals surface area contributed by atoms with Crippen LogP contribution in [0.5, 0.6) is 0 Å². The van der Waals surface area contributed by atoms with Crippen LogP contribution in [0.25, 0.3) is 0 Å². The fraction of sp³-hybridized carbons (Fsp3) is 0.611. The first-order valence-electron chi connectivity index (χ1n) is 8.12. The predicted molar refractivity (Wildman–Crippen MR) is 83.7 cm³/mol. The number of carbonyl (C=O) groups is 1. The number of rotatable bonds is 6. The van der Waals surface area contributed by atoms with Gasteiger partial charge in [0.25, 0.3) is 0 Å². The number of carbonyl (C=O) groups excluding carboxylic acids is 1. The summed E-state index contributed by atoms with van der Waals surface area (Å²) in [5.41, 5.74) is 2.62. The molecule has 1 aliphatic rings. The van der Waals surface area contributed by atoms with Gasteiger partial charge in [-0.15, -0.1) is 0 Å². The summed E-state index contributed by atoms with van der Waals surface area (Å²) in [6.45, 7) is 3.04. The molecular weight excluding hydrogens is 246 g/mol. The first-order chi connectivity index (χ1) is 9.78. The Hall–Kier alpha value is -1.31. The molecule has 1 fully saturated rings. The number of aryl methyl sites for hydroxylation is 2. The average molecular weight is 273 g/mol. The van der Waals surface area contributed by atoms with E-state index in [0.29, 0.717) is 6.42 Å². The summed E-state index contributed by atoms with van der Waals surface area (Å²) < 4.78 is 0. The van der Waals surface area contributed by atoms with Crippen molar-refractivity contribution in [2.45, 2.75) is 58.3 Å². The molecule has 0 saturated heterocycles. The SMILES string of the molecule is CCc1ccc(CCC(=O)NCC2CCCCC2)cc1. The quantitative estimate of drug-likeness (QED) is 0.837. The van der Waals surface area contributed by atoms with Crippen LogP contribution in [0.4, 0.5) is 0 Å². The topological polar surface area (TPSA) is 29.1 Å². The first-order valence-corrected chi connectivity index (χ1v) is 8.12. The smallest absolute Gasteiger partial charge is 0.220 e. The molecule has 1 aromatic rings. The molecule has 20 heavy (non-hydrogen) atoms. The fourth-order valence-electron chi connectivity index (χ4n) is 2.94. The molecule has 0 unspecified atom stereocenters. The minimum atomic E-state index is 0.204. The first kappa shape index (κ1) is 15.1. The molecule has 2 rings (SSSR count). The van der Waals surface area contributed by atoms with Gasteiger partial charge in [-0.25, -0.2) is 0 Å². The maximum atomic E-state index is 11.9. The van der Waals surface area contributed by atoms with E-state index in [1.54, 1.807) is 0 Å². The second kappa shape index (κ2) is 8.08. The van der Waals surface area contributed by atoms with Crippen LogP contribution in [0.15, 0.2) is 24.3 Å². The molecule has 2 nitrogen and oxygen atoms in total. The van der Waals surface area contributed by atoms with Gasteiger partial charge < -0.3 is 5.32 Å². The van der Waals surface area contributed by atoms with Gasteiger partial charge in [0.05, 0.1) is 0 Å². The van der Waals surface area contributed by atoms with E-state index in [1.165, 1.54) is 43.2 Å². The highest BCUT2D eigenvalue weighted by molar-refractivity contribution is 5.76. The van der Waals surface area contributed by atoms with E-state index in [1.807, 2.05) is 0 Å². The van der Waals surface area contributed by atoms with Crippen molar-refractivity contribution >= 4 is 5.91 Å². The zero-order chi connectivity index (χ0) is 14.2. The summed E-state index contributed by atoms with van der Waals surface area (Å²) in [6, 6.07) is 8.62. The molecule has 1 aromatic carbocycles. The van der Waals surface area contributed by atoms with Gasteiger partial charge in [-0.2, -0.15) is 0 Å². The highest BCUT2D eigenvalue weighted by Crippen LogP contribution is 2.22. The fourth-order valence-corrected chi connectivity index (χ4v) is 2.94. The van der Waals surface area contributed by atoms with E-state index in [2.05, 4.69) is 36.5 Å². The lowest BCUT2D eigenvalue weighted by Crippen LogP contribution is -2.30. The predicted octanol–water partition coefficient (Wildman–Crippen LogP) is 3.88. The summed E-state index contributed by atoms with van der Waals surface area (Å²) >= 11 is 0. The Labute approximate surface area is 123 Å². The molecule has 0 radical (unpaired) electrons. The number of amides is 1. The Morgan fingerprint density at radius 1 is 1.10 bits per heavy atom. The maximum Gasteiger partial charge on any atom is 0.220 e. The summed E-state index contributed by atoms with van der Waals surface area (Å²) in [4.78, 5) is 11.9. The van der Waals surface area contributed by atoms with Crippen molar-refractivity contribution in [2.24, 2.45) is 5.92 Å². The van der Waals surface area contributed by atoms with Gasteiger partial charge >= 0.3 is 0 Å². The minimum Gasteiger partial charge on any atom is -0.356 e. The minimum absolute atomic E-state index is 0.204. The number of nitrogens with one attached hydrogen (secondary N) is 1. The van der Waals surface area contributed by atoms with Crippen LogP contribution >= 0.6 is 0 Å². The van der Waals surface area contributed by atoms with Crippen molar-refractivity contribution in [1.29, 1.82) is 0 Å². The van der Waals surface area contributed by atoms with Crippen LogP contribution < -0.4 is 5.32 Å².